The minimum absolute atomic E-state index is 0.0181. The van der Waals surface area contributed by atoms with E-state index < -0.39 is 6.04 Å². The third-order valence-corrected chi connectivity index (χ3v) is 6.56. The molecule has 0 spiro atoms. The van der Waals surface area contributed by atoms with E-state index in [1.54, 1.807) is 16.7 Å². The van der Waals surface area contributed by atoms with Gasteiger partial charge in [0.2, 0.25) is 11.8 Å². The summed E-state index contributed by atoms with van der Waals surface area (Å²) in [6.07, 6.45) is 1.95. The molecule has 2 aromatic rings. The van der Waals surface area contributed by atoms with Crippen LogP contribution in [-0.4, -0.2) is 35.1 Å². The van der Waals surface area contributed by atoms with Gasteiger partial charge >= 0.3 is 0 Å². The highest BCUT2D eigenvalue weighted by molar-refractivity contribution is 9.10. The standard InChI is InChI=1S/C25H33BrN2O2S/c1-5-6-11-27-25(30)20(4)28(15-21-7-9-23(26)10-8-21)24(29)17-31-16-22-13-18(2)12-19(3)14-22/h7-10,12-14,20H,5-6,11,15-17H2,1-4H3,(H,27,30). The molecule has 0 aliphatic heterocycles. The summed E-state index contributed by atoms with van der Waals surface area (Å²) in [6.45, 7) is 9.13. The number of nitrogens with zero attached hydrogens (tertiary/aromatic N) is 1. The molecule has 0 saturated carbocycles. The van der Waals surface area contributed by atoms with Crippen LogP contribution in [0.3, 0.4) is 0 Å². The molecular weight excluding hydrogens is 472 g/mol. The molecule has 0 heterocycles. The summed E-state index contributed by atoms with van der Waals surface area (Å²) in [6, 6.07) is 13.8. The molecule has 0 aliphatic rings. The largest absolute Gasteiger partial charge is 0.354 e. The highest BCUT2D eigenvalue weighted by Gasteiger charge is 2.25. The summed E-state index contributed by atoms with van der Waals surface area (Å²) in [5.41, 5.74) is 4.69. The molecule has 1 atom stereocenters. The van der Waals surface area contributed by atoms with Crippen LogP contribution in [0.5, 0.6) is 0 Å². The SMILES string of the molecule is CCCCNC(=O)C(C)N(Cc1ccc(Br)cc1)C(=O)CSCc1cc(C)cc(C)c1. The Labute approximate surface area is 199 Å². The number of amides is 2. The van der Waals surface area contributed by atoms with Crippen molar-refractivity contribution in [2.24, 2.45) is 0 Å². The van der Waals surface area contributed by atoms with Crippen molar-refractivity contribution in [3.63, 3.8) is 0 Å². The van der Waals surface area contributed by atoms with Gasteiger partial charge in [0.05, 0.1) is 5.75 Å². The van der Waals surface area contributed by atoms with Crippen LogP contribution in [-0.2, 0) is 21.9 Å². The van der Waals surface area contributed by atoms with Crippen LogP contribution in [0.2, 0.25) is 0 Å². The Balaban J connectivity index is 2.05. The second kappa shape index (κ2) is 12.9. The maximum absolute atomic E-state index is 13.1. The zero-order chi connectivity index (χ0) is 22.8. The van der Waals surface area contributed by atoms with Crippen LogP contribution in [0, 0.1) is 13.8 Å². The van der Waals surface area contributed by atoms with Gasteiger partial charge in [0.1, 0.15) is 6.04 Å². The minimum atomic E-state index is -0.519. The van der Waals surface area contributed by atoms with E-state index in [0.717, 1.165) is 28.6 Å². The smallest absolute Gasteiger partial charge is 0.242 e. The Hall–Kier alpha value is -1.79. The van der Waals surface area contributed by atoms with E-state index in [0.29, 0.717) is 18.8 Å². The van der Waals surface area contributed by atoms with Crippen LogP contribution in [0.15, 0.2) is 46.9 Å². The molecule has 2 amide bonds. The fourth-order valence-corrected chi connectivity index (χ4v) is 4.51. The summed E-state index contributed by atoms with van der Waals surface area (Å²) in [5.74, 6) is 1.00. The average molecular weight is 506 g/mol. The molecule has 2 rings (SSSR count). The van der Waals surface area contributed by atoms with Crippen molar-refractivity contribution in [3.05, 3.63) is 69.2 Å². The number of halogens is 1. The third-order valence-electron chi connectivity index (χ3n) is 5.04. The lowest BCUT2D eigenvalue weighted by molar-refractivity contribution is -0.138. The van der Waals surface area contributed by atoms with Crippen LogP contribution in [0.25, 0.3) is 0 Å². The number of carbonyl (C=O) groups is 2. The van der Waals surface area contributed by atoms with Gasteiger partial charge in [0.25, 0.3) is 0 Å². The van der Waals surface area contributed by atoms with Gasteiger partial charge in [-0.15, -0.1) is 11.8 Å². The van der Waals surface area contributed by atoms with Gasteiger partial charge in [-0.05, 0) is 50.5 Å². The number of nitrogens with one attached hydrogen (secondary N) is 1. The number of benzene rings is 2. The van der Waals surface area contributed by atoms with Crippen LogP contribution >= 0.6 is 27.7 Å². The minimum Gasteiger partial charge on any atom is -0.354 e. The summed E-state index contributed by atoms with van der Waals surface area (Å²) < 4.78 is 0.989. The molecule has 1 N–H and O–H groups in total. The highest BCUT2D eigenvalue weighted by Crippen LogP contribution is 2.19. The molecule has 0 radical (unpaired) electrons. The van der Waals surface area contributed by atoms with E-state index in [1.807, 2.05) is 31.2 Å². The molecule has 168 valence electrons. The number of aryl methyl sites for hydroxylation is 2. The topological polar surface area (TPSA) is 49.4 Å². The number of thioether (sulfide) groups is 1. The normalized spacial score (nSPS) is 11.8. The number of hydrogen-bond donors (Lipinski definition) is 1. The van der Waals surface area contributed by atoms with Crippen molar-refractivity contribution in [1.29, 1.82) is 0 Å². The van der Waals surface area contributed by atoms with Gasteiger partial charge in [-0.3, -0.25) is 9.59 Å². The van der Waals surface area contributed by atoms with E-state index >= 15 is 0 Å². The Morgan fingerprint density at radius 2 is 1.71 bits per heavy atom. The van der Waals surface area contributed by atoms with Crippen molar-refractivity contribution in [2.45, 2.75) is 58.9 Å². The molecule has 1 unspecified atom stereocenters. The van der Waals surface area contributed by atoms with Crippen LogP contribution < -0.4 is 5.32 Å². The van der Waals surface area contributed by atoms with Crippen molar-refractivity contribution < 1.29 is 9.59 Å². The van der Waals surface area contributed by atoms with Gasteiger partial charge < -0.3 is 10.2 Å². The van der Waals surface area contributed by atoms with E-state index in [1.165, 1.54) is 16.7 Å². The number of carbonyl (C=O) groups excluding carboxylic acids is 2. The van der Waals surface area contributed by atoms with Crippen molar-refractivity contribution in [2.75, 3.05) is 12.3 Å². The van der Waals surface area contributed by atoms with Gasteiger partial charge in [0, 0.05) is 23.3 Å². The highest BCUT2D eigenvalue weighted by atomic mass is 79.9. The molecule has 6 heteroatoms. The molecular formula is C25H33BrN2O2S. The van der Waals surface area contributed by atoms with Crippen molar-refractivity contribution >= 4 is 39.5 Å². The zero-order valence-corrected chi connectivity index (χ0v) is 21.3. The van der Waals surface area contributed by atoms with E-state index in [9.17, 15) is 9.59 Å². The van der Waals surface area contributed by atoms with Gasteiger partial charge in [-0.25, -0.2) is 0 Å². The molecule has 2 aromatic carbocycles. The summed E-state index contributed by atoms with van der Waals surface area (Å²) in [5, 5.41) is 2.96. The number of hydrogen-bond acceptors (Lipinski definition) is 3. The lowest BCUT2D eigenvalue weighted by atomic mass is 10.1. The Morgan fingerprint density at radius 1 is 1.06 bits per heavy atom. The molecule has 31 heavy (non-hydrogen) atoms. The van der Waals surface area contributed by atoms with Gasteiger partial charge in [0.15, 0.2) is 0 Å². The quantitative estimate of drug-likeness (QED) is 0.403. The monoisotopic (exact) mass is 504 g/mol. The van der Waals surface area contributed by atoms with Crippen molar-refractivity contribution in [1.82, 2.24) is 10.2 Å². The van der Waals surface area contributed by atoms with Gasteiger partial charge in [-0.1, -0.05) is 70.7 Å². The molecule has 4 nitrogen and oxygen atoms in total. The zero-order valence-electron chi connectivity index (χ0n) is 18.9. The fraction of sp³-hybridized carbons (Fsp3) is 0.440. The van der Waals surface area contributed by atoms with Crippen molar-refractivity contribution in [3.8, 4) is 0 Å². The van der Waals surface area contributed by atoms with E-state index in [4.69, 9.17) is 0 Å². The maximum atomic E-state index is 13.1. The first-order valence-electron chi connectivity index (χ1n) is 10.8. The first-order valence-corrected chi connectivity index (χ1v) is 12.7. The lowest BCUT2D eigenvalue weighted by Gasteiger charge is -2.29. The second-order valence-corrected chi connectivity index (χ2v) is 9.86. The fourth-order valence-electron chi connectivity index (χ4n) is 3.40. The van der Waals surface area contributed by atoms with Gasteiger partial charge in [-0.2, -0.15) is 0 Å². The Bertz CT molecular complexity index is 850. The molecule has 0 aromatic heterocycles. The molecule has 0 aliphatic carbocycles. The van der Waals surface area contributed by atoms with E-state index in [2.05, 4.69) is 60.2 Å². The average Bonchev–Trinajstić information content (AvgIpc) is 2.72. The number of unbranched alkanes of at least 4 members (excludes halogenated alkanes) is 1. The molecule has 0 saturated heterocycles. The summed E-state index contributed by atoms with van der Waals surface area (Å²) >= 11 is 5.04. The first kappa shape index (κ1) is 25.5. The summed E-state index contributed by atoms with van der Waals surface area (Å²) in [4.78, 5) is 27.5. The second-order valence-electron chi connectivity index (χ2n) is 7.96. The Kier molecular flexibility index (Phi) is 10.6. The predicted octanol–water partition coefficient (Wildman–Crippen LogP) is 5.63. The lowest BCUT2D eigenvalue weighted by Crippen LogP contribution is -2.48. The third kappa shape index (κ3) is 8.69. The molecule has 0 fully saturated rings. The van der Waals surface area contributed by atoms with E-state index in [-0.39, 0.29) is 11.8 Å². The maximum Gasteiger partial charge on any atom is 0.242 e. The predicted molar refractivity (Wildman–Crippen MR) is 134 cm³/mol. The summed E-state index contributed by atoms with van der Waals surface area (Å²) in [7, 11) is 0. The number of rotatable bonds is 11. The Morgan fingerprint density at radius 3 is 2.32 bits per heavy atom. The molecule has 0 bridgehead atoms. The van der Waals surface area contributed by atoms with Crippen LogP contribution in [0.1, 0.15) is 48.9 Å². The first-order chi connectivity index (χ1) is 14.8. The van der Waals surface area contributed by atoms with Crippen LogP contribution in [0.4, 0.5) is 0 Å².